The lowest BCUT2D eigenvalue weighted by atomic mass is 9.66. The molecule has 0 amide bonds. The summed E-state index contributed by atoms with van der Waals surface area (Å²) in [6.45, 7) is 5.07. The van der Waals surface area contributed by atoms with Crippen molar-refractivity contribution in [3.63, 3.8) is 0 Å². The van der Waals surface area contributed by atoms with Gasteiger partial charge in [-0.25, -0.2) is 0 Å². The number of likely N-dealkylation sites (tertiary alicyclic amines) is 1. The van der Waals surface area contributed by atoms with Gasteiger partial charge in [0.1, 0.15) is 6.04 Å². The van der Waals surface area contributed by atoms with E-state index < -0.39 is 12.0 Å². The second kappa shape index (κ2) is 9.21. The summed E-state index contributed by atoms with van der Waals surface area (Å²) in [6, 6.07) is 9.81. The van der Waals surface area contributed by atoms with Gasteiger partial charge in [0, 0.05) is 18.4 Å². The van der Waals surface area contributed by atoms with E-state index in [-0.39, 0.29) is 35.4 Å². The summed E-state index contributed by atoms with van der Waals surface area (Å²) in [5, 5.41) is 9.90. The fraction of sp³-hybridized carbons (Fsp3) is 0.625. The van der Waals surface area contributed by atoms with Gasteiger partial charge in [-0.15, -0.1) is 0 Å². The molecular weight excluding hydrogens is 366 g/mol. The van der Waals surface area contributed by atoms with Crippen LogP contribution in [0.3, 0.4) is 0 Å². The summed E-state index contributed by atoms with van der Waals surface area (Å²) in [7, 11) is 0. The molecule has 2 fully saturated rings. The fourth-order valence-corrected chi connectivity index (χ4v) is 5.73. The van der Waals surface area contributed by atoms with Crippen molar-refractivity contribution in [3.8, 4) is 0 Å². The molecule has 158 valence electrons. The summed E-state index contributed by atoms with van der Waals surface area (Å²) in [5.74, 6) is -1.04. The van der Waals surface area contributed by atoms with Crippen molar-refractivity contribution in [2.75, 3.05) is 6.54 Å². The molecule has 3 rings (SSSR count). The summed E-state index contributed by atoms with van der Waals surface area (Å²) < 4.78 is 0. The van der Waals surface area contributed by atoms with Crippen molar-refractivity contribution in [3.05, 3.63) is 35.9 Å². The van der Waals surface area contributed by atoms with Crippen LogP contribution in [0.2, 0.25) is 0 Å². The Bertz CT molecular complexity index is 747. The number of carbonyl (C=O) groups is 3. The summed E-state index contributed by atoms with van der Waals surface area (Å²) in [5.41, 5.74) is 0.859. The Morgan fingerprint density at radius 1 is 1.21 bits per heavy atom. The van der Waals surface area contributed by atoms with Gasteiger partial charge in [-0.1, -0.05) is 50.6 Å². The third-order valence-electron chi connectivity index (χ3n) is 7.04. The highest BCUT2D eigenvalue weighted by Gasteiger charge is 2.51. The zero-order valence-corrected chi connectivity index (χ0v) is 17.6. The molecule has 29 heavy (non-hydrogen) atoms. The number of nitrogens with zero attached hydrogens (tertiary/aromatic N) is 1. The maximum absolute atomic E-state index is 12.4. The highest BCUT2D eigenvalue weighted by molar-refractivity contribution is 6.37. The van der Waals surface area contributed by atoms with Gasteiger partial charge < -0.3 is 5.11 Å². The van der Waals surface area contributed by atoms with Crippen molar-refractivity contribution < 1.29 is 19.5 Å². The standard InChI is InChI=1S/C24H33NO4/c1-3-13-24(19-11-12-21(26)22(27)15-19,25-14-7-10-20(25)23(28)29)16-17(2)18-8-5-4-6-9-18/h4-6,8-9,17,19-20H,3,7,10-16H2,1-2H3,(H,28,29)/t17?,19?,20-,24?/m0/s1. The van der Waals surface area contributed by atoms with Crippen molar-refractivity contribution in [1.82, 2.24) is 4.90 Å². The molecule has 1 N–H and O–H groups in total. The predicted octanol–water partition coefficient (Wildman–Crippen LogP) is 4.21. The molecule has 0 spiro atoms. The number of benzene rings is 1. The molecule has 0 radical (unpaired) electrons. The van der Waals surface area contributed by atoms with Gasteiger partial charge in [0.25, 0.3) is 0 Å². The predicted molar refractivity (Wildman–Crippen MR) is 112 cm³/mol. The fourth-order valence-electron chi connectivity index (χ4n) is 5.73. The average Bonchev–Trinajstić information content (AvgIpc) is 3.21. The molecule has 1 aliphatic heterocycles. The minimum atomic E-state index is -0.770. The van der Waals surface area contributed by atoms with Gasteiger partial charge in [0.2, 0.25) is 0 Å². The zero-order valence-electron chi connectivity index (χ0n) is 17.6. The summed E-state index contributed by atoms with van der Waals surface area (Å²) in [4.78, 5) is 38.5. The molecule has 2 aliphatic rings. The Balaban J connectivity index is 2.01. The smallest absolute Gasteiger partial charge is 0.320 e. The number of rotatable bonds is 8. The van der Waals surface area contributed by atoms with Crippen molar-refractivity contribution in [1.29, 1.82) is 0 Å². The van der Waals surface area contributed by atoms with E-state index in [4.69, 9.17) is 0 Å². The minimum Gasteiger partial charge on any atom is -0.480 e. The molecule has 1 heterocycles. The lowest BCUT2D eigenvalue weighted by molar-refractivity contribution is -0.148. The Morgan fingerprint density at radius 2 is 1.93 bits per heavy atom. The minimum absolute atomic E-state index is 0.0266. The Labute approximate surface area is 173 Å². The van der Waals surface area contributed by atoms with E-state index in [0.29, 0.717) is 19.3 Å². The largest absolute Gasteiger partial charge is 0.480 e. The molecule has 1 aliphatic carbocycles. The van der Waals surface area contributed by atoms with Crippen molar-refractivity contribution >= 4 is 17.5 Å². The molecule has 1 saturated carbocycles. The number of Topliss-reactive ketones (excluding diaryl/α,β-unsaturated/α-hetero) is 2. The van der Waals surface area contributed by atoms with Crippen molar-refractivity contribution in [2.45, 2.75) is 82.7 Å². The van der Waals surface area contributed by atoms with E-state index in [2.05, 4.69) is 30.9 Å². The molecule has 3 unspecified atom stereocenters. The SMILES string of the molecule is CCCC(CC(C)c1ccccc1)(C1CCC(=O)C(=O)C1)N1CCC[C@H]1C(=O)O. The third kappa shape index (κ3) is 4.45. The molecule has 0 bridgehead atoms. The van der Waals surface area contributed by atoms with Gasteiger partial charge >= 0.3 is 5.97 Å². The monoisotopic (exact) mass is 399 g/mol. The van der Waals surface area contributed by atoms with Gasteiger partial charge in [-0.3, -0.25) is 19.3 Å². The van der Waals surface area contributed by atoms with Crippen LogP contribution in [0.4, 0.5) is 0 Å². The quantitative estimate of drug-likeness (QED) is 0.663. The molecule has 1 saturated heterocycles. The first-order valence-electron chi connectivity index (χ1n) is 11.0. The molecule has 5 nitrogen and oxygen atoms in total. The topological polar surface area (TPSA) is 74.7 Å². The van der Waals surface area contributed by atoms with E-state index >= 15 is 0 Å². The summed E-state index contributed by atoms with van der Waals surface area (Å²) in [6.07, 6.45) is 5.31. The molecule has 4 atom stereocenters. The Morgan fingerprint density at radius 3 is 2.55 bits per heavy atom. The van der Waals surface area contributed by atoms with Gasteiger partial charge in [0.05, 0.1) is 0 Å². The maximum Gasteiger partial charge on any atom is 0.320 e. The van der Waals surface area contributed by atoms with Crippen LogP contribution < -0.4 is 0 Å². The van der Waals surface area contributed by atoms with Crippen LogP contribution in [-0.2, 0) is 14.4 Å². The Hall–Kier alpha value is -2.01. The van der Waals surface area contributed by atoms with Crippen LogP contribution in [0, 0.1) is 5.92 Å². The molecule has 1 aromatic rings. The number of ketones is 2. The third-order valence-corrected chi connectivity index (χ3v) is 7.04. The van der Waals surface area contributed by atoms with E-state index in [0.717, 1.165) is 32.2 Å². The van der Waals surface area contributed by atoms with E-state index in [1.165, 1.54) is 5.56 Å². The lowest BCUT2D eigenvalue weighted by Gasteiger charge is -2.51. The number of carboxylic acid groups (broad SMARTS) is 1. The molecule has 1 aromatic carbocycles. The molecule has 5 heteroatoms. The molecule has 0 aromatic heterocycles. The highest BCUT2D eigenvalue weighted by atomic mass is 16.4. The first-order valence-corrected chi connectivity index (χ1v) is 11.0. The maximum atomic E-state index is 12.4. The van der Waals surface area contributed by atoms with Crippen molar-refractivity contribution in [2.24, 2.45) is 5.92 Å². The first kappa shape index (κ1) is 21.7. The van der Waals surface area contributed by atoms with Crippen LogP contribution in [0.1, 0.15) is 76.7 Å². The second-order valence-electron chi connectivity index (χ2n) is 8.85. The van der Waals surface area contributed by atoms with Crippen LogP contribution in [0.15, 0.2) is 30.3 Å². The van der Waals surface area contributed by atoms with Crippen LogP contribution in [0.25, 0.3) is 0 Å². The first-order chi connectivity index (χ1) is 13.9. The number of aliphatic carboxylic acids is 1. The molecular formula is C24H33NO4. The Kier molecular flexibility index (Phi) is 6.89. The van der Waals surface area contributed by atoms with Gasteiger partial charge in [0.15, 0.2) is 11.6 Å². The zero-order chi connectivity index (χ0) is 21.0. The number of hydrogen-bond acceptors (Lipinski definition) is 4. The average molecular weight is 400 g/mol. The van der Waals surface area contributed by atoms with Crippen LogP contribution in [0.5, 0.6) is 0 Å². The van der Waals surface area contributed by atoms with Crippen LogP contribution >= 0.6 is 0 Å². The van der Waals surface area contributed by atoms with E-state index in [1.807, 2.05) is 18.2 Å². The number of carboxylic acids is 1. The van der Waals surface area contributed by atoms with Gasteiger partial charge in [-0.2, -0.15) is 0 Å². The number of carbonyl (C=O) groups excluding carboxylic acids is 2. The van der Waals surface area contributed by atoms with Crippen LogP contribution in [-0.4, -0.2) is 45.7 Å². The van der Waals surface area contributed by atoms with E-state index in [9.17, 15) is 19.5 Å². The lowest BCUT2D eigenvalue weighted by Crippen LogP contribution is -2.59. The number of hydrogen-bond donors (Lipinski definition) is 1. The van der Waals surface area contributed by atoms with Gasteiger partial charge in [-0.05, 0) is 56.0 Å². The van der Waals surface area contributed by atoms with E-state index in [1.54, 1.807) is 0 Å². The normalized spacial score (nSPS) is 26.3. The highest BCUT2D eigenvalue weighted by Crippen LogP contribution is 2.47. The second-order valence-corrected chi connectivity index (χ2v) is 8.85. The summed E-state index contributed by atoms with van der Waals surface area (Å²) >= 11 is 0.